The molecule has 1 heterocycles. The zero-order valence-electron chi connectivity index (χ0n) is 18.8. The van der Waals surface area contributed by atoms with E-state index in [2.05, 4.69) is 0 Å². The number of methoxy groups -OCH3 is 1. The molecule has 1 fully saturated rings. The molecule has 0 radical (unpaired) electrons. The Morgan fingerprint density at radius 3 is 2.47 bits per heavy atom. The van der Waals surface area contributed by atoms with E-state index in [-0.39, 0.29) is 23.7 Å². The summed E-state index contributed by atoms with van der Waals surface area (Å²) in [6.45, 7) is 0.702. The first-order chi connectivity index (χ1) is 15.5. The van der Waals surface area contributed by atoms with E-state index in [1.165, 1.54) is 18.6 Å². The highest BCUT2D eigenvalue weighted by atomic mass is 19.1. The molecule has 1 aliphatic heterocycles. The van der Waals surface area contributed by atoms with Gasteiger partial charge in [-0.05, 0) is 42.2 Å². The van der Waals surface area contributed by atoms with E-state index >= 15 is 0 Å². The predicted molar refractivity (Wildman–Crippen MR) is 121 cm³/mol. The number of benzene rings is 2. The lowest BCUT2D eigenvalue weighted by Gasteiger charge is -2.44. The van der Waals surface area contributed by atoms with E-state index < -0.39 is 12.0 Å². The molecule has 0 N–H and O–H groups in total. The van der Waals surface area contributed by atoms with Crippen LogP contribution in [0.15, 0.2) is 48.5 Å². The third-order valence-electron chi connectivity index (χ3n) is 6.92. The van der Waals surface area contributed by atoms with Crippen LogP contribution >= 0.6 is 0 Å². The molecule has 2 aromatic carbocycles. The third kappa shape index (κ3) is 4.29. The Hall–Kier alpha value is -2.73. The predicted octanol–water partition coefficient (Wildman–Crippen LogP) is 4.54. The standard InChI is InChI=1S/C26H31FN2O3/c1-28(20-8-4-3-5-9-20)26(31)23-21-10-6-7-11-22(21)25(30)29(16-17-32-2)24(23)18-12-14-19(27)15-13-18/h6-7,10-15,20,23-24H,3-5,8-9,16-17H2,1-2H3. The van der Waals surface area contributed by atoms with Crippen molar-refractivity contribution in [3.05, 3.63) is 71.0 Å². The van der Waals surface area contributed by atoms with Crippen LogP contribution in [0, 0.1) is 5.82 Å². The zero-order chi connectivity index (χ0) is 22.7. The number of likely N-dealkylation sites (N-methyl/N-ethyl adjacent to an activating group) is 1. The normalized spacial score (nSPS) is 21.3. The number of hydrogen-bond acceptors (Lipinski definition) is 3. The molecule has 2 atom stereocenters. The molecule has 170 valence electrons. The van der Waals surface area contributed by atoms with Gasteiger partial charge in [-0.2, -0.15) is 0 Å². The smallest absolute Gasteiger partial charge is 0.254 e. The first-order valence-electron chi connectivity index (χ1n) is 11.4. The van der Waals surface area contributed by atoms with Gasteiger partial charge in [-0.25, -0.2) is 4.39 Å². The Kier molecular flexibility index (Phi) is 6.89. The quantitative estimate of drug-likeness (QED) is 0.665. The molecular weight excluding hydrogens is 407 g/mol. The molecule has 32 heavy (non-hydrogen) atoms. The first kappa shape index (κ1) is 22.5. The van der Waals surface area contributed by atoms with Crippen molar-refractivity contribution in [1.29, 1.82) is 0 Å². The summed E-state index contributed by atoms with van der Waals surface area (Å²) in [7, 11) is 3.48. The van der Waals surface area contributed by atoms with E-state index in [1.54, 1.807) is 30.2 Å². The van der Waals surface area contributed by atoms with Gasteiger partial charge in [0, 0.05) is 32.3 Å². The summed E-state index contributed by atoms with van der Waals surface area (Å²) >= 11 is 0. The summed E-state index contributed by atoms with van der Waals surface area (Å²) in [6, 6.07) is 13.2. The average Bonchev–Trinajstić information content (AvgIpc) is 2.83. The lowest BCUT2D eigenvalue weighted by atomic mass is 9.78. The molecule has 2 aliphatic rings. The second-order valence-electron chi connectivity index (χ2n) is 8.79. The van der Waals surface area contributed by atoms with Crippen molar-refractivity contribution >= 4 is 11.8 Å². The molecule has 1 saturated carbocycles. The lowest BCUT2D eigenvalue weighted by Crippen LogP contribution is -2.50. The van der Waals surface area contributed by atoms with Crippen molar-refractivity contribution in [2.24, 2.45) is 0 Å². The first-order valence-corrected chi connectivity index (χ1v) is 11.4. The minimum atomic E-state index is -0.557. The zero-order valence-corrected chi connectivity index (χ0v) is 18.8. The number of nitrogens with zero attached hydrogens (tertiary/aromatic N) is 2. The maximum Gasteiger partial charge on any atom is 0.254 e. The molecule has 5 nitrogen and oxygen atoms in total. The van der Waals surface area contributed by atoms with E-state index in [0.29, 0.717) is 18.7 Å². The molecule has 6 heteroatoms. The molecule has 0 aromatic heterocycles. The van der Waals surface area contributed by atoms with Crippen molar-refractivity contribution in [3.63, 3.8) is 0 Å². The summed E-state index contributed by atoms with van der Waals surface area (Å²) in [6.07, 6.45) is 5.48. The molecule has 2 unspecified atom stereocenters. The third-order valence-corrected chi connectivity index (χ3v) is 6.92. The van der Waals surface area contributed by atoms with Gasteiger partial charge >= 0.3 is 0 Å². The maximum atomic E-state index is 14.0. The average molecular weight is 439 g/mol. The van der Waals surface area contributed by atoms with Crippen LogP contribution in [-0.2, 0) is 9.53 Å². The van der Waals surface area contributed by atoms with Crippen molar-refractivity contribution in [2.75, 3.05) is 27.3 Å². The van der Waals surface area contributed by atoms with Gasteiger partial charge in [0.15, 0.2) is 0 Å². The van der Waals surface area contributed by atoms with E-state index in [4.69, 9.17) is 4.74 Å². The minimum absolute atomic E-state index is 0.00796. The van der Waals surface area contributed by atoms with Crippen molar-refractivity contribution < 1.29 is 18.7 Å². The van der Waals surface area contributed by atoms with Gasteiger partial charge in [-0.3, -0.25) is 9.59 Å². The summed E-state index contributed by atoms with van der Waals surface area (Å²) in [4.78, 5) is 31.1. The Morgan fingerprint density at radius 1 is 1.09 bits per heavy atom. The number of amides is 2. The van der Waals surface area contributed by atoms with Crippen LogP contribution < -0.4 is 0 Å². The van der Waals surface area contributed by atoms with Crippen LogP contribution in [0.5, 0.6) is 0 Å². The number of ether oxygens (including phenoxy) is 1. The number of carbonyl (C=O) groups excluding carboxylic acids is 2. The van der Waals surface area contributed by atoms with Crippen molar-refractivity contribution in [3.8, 4) is 0 Å². The topological polar surface area (TPSA) is 49.9 Å². The van der Waals surface area contributed by atoms with Crippen molar-refractivity contribution in [1.82, 2.24) is 9.80 Å². The molecular formula is C26H31FN2O3. The summed E-state index contributed by atoms with van der Waals surface area (Å²) < 4.78 is 19.0. The highest BCUT2D eigenvalue weighted by molar-refractivity contribution is 6.01. The maximum absolute atomic E-state index is 14.0. The lowest BCUT2D eigenvalue weighted by molar-refractivity contribution is -0.136. The highest BCUT2D eigenvalue weighted by Crippen LogP contribution is 2.44. The van der Waals surface area contributed by atoms with Gasteiger partial charge in [0.1, 0.15) is 5.82 Å². The largest absolute Gasteiger partial charge is 0.383 e. The fraction of sp³-hybridized carbons (Fsp3) is 0.462. The van der Waals surface area contributed by atoms with Crippen LogP contribution in [-0.4, -0.2) is 55.0 Å². The fourth-order valence-electron chi connectivity index (χ4n) is 5.19. The highest BCUT2D eigenvalue weighted by Gasteiger charge is 2.45. The molecule has 2 aromatic rings. The second kappa shape index (κ2) is 9.82. The van der Waals surface area contributed by atoms with Crippen LogP contribution in [0.25, 0.3) is 0 Å². The Labute approximate surface area is 189 Å². The monoisotopic (exact) mass is 438 g/mol. The molecule has 1 aliphatic carbocycles. The van der Waals surface area contributed by atoms with Crippen molar-refractivity contribution in [2.45, 2.75) is 50.1 Å². The molecule has 0 spiro atoms. The van der Waals surface area contributed by atoms with Gasteiger partial charge in [0.05, 0.1) is 18.6 Å². The number of rotatable bonds is 6. The summed E-state index contributed by atoms with van der Waals surface area (Å²) in [5, 5.41) is 0. The van der Waals surface area contributed by atoms with Crippen LogP contribution in [0.3, 0.4) is 0 Å². The van der Waals surface area contributed by atoms with Crippen LogP contribution in [0.1, 0.15) is 65.5 Å². The fourth-order valence-corrected chi connectivity index (χ4v) is 5.19. The minimum Gasteiger partial charge on any atom is -0.383 e. The molecule has 4 rings (SSSR count). The van der Waals surface area contributed by atoms with E-state index in [9.17, 15) is 14.0 Å². The van der Waals surface area contributed by atoms with Crippen LogP contribution in [0.4, 0.5) is 4.39 Å². The van der Waals surface area contributed by atoms with Gasteiger partial charge in [-0.1, -0.05) is 49.6 Å². The number of hydrogen-bond donors (Lipinski definition) is 0. The molecule has 2 amide bonds. The number of halogens is 1. The SMILES string of the molecule is COCCN1C(=O)c2ccccc2C(C(=O)N(C)C2CCCCC2)C1c1ccc(F)cc1. The summed E-state index contributed by atoms with van der Waals surface area (Å²) in [5.41, 5.74) is 2.05. The second-order valence-corrected chi connectivity index (χ2v) is 8.79. The summed E-state index contributed by atoms with van der Waals surface area (Å²) in [5.74, 6) is -1.02. The number of carbonyl (C=O) groups is 2. The Balaban J connectivity index is 1.81. The van der Waals surface area contributed by atoms with E-state index in [0.717, 1.165) is 36.8 Å². The van der Waals surface area contributed by atoms with Gasteiger partial charge in [0.25, 0.3) is 5.91 Å². The Bertz CT molecular complexity index is 956. The Morgan fingerprint density at radius 2 is 1.78 bits per heavy atom. The van der Waals surface area contributed by atoms with Gasteiger partial charge in [-0.15, -0.1) is 0 Å². The van der Waals surface area contributed by atoms with E-state index in [1.807, 2.05) is 30.1 Å². The van der Waals surface area contributed by atoms with Gasteiger partial charge in [0.2, 0.25) is 5.91 Å². The number of fused-ring (bicyclic) bond motifs is 1. The molecule has 0 bridgehead atoms. The van der Waals surface area contributed by atoms with Crippen LogP contribution in [0.2, 0.25) is 0 Å². The van der Waals surface area contributed by atoms with Gasteiger partial charge < -0.3 is 14.5 Å². The molecule has 0 saturated heterocycles.